The zero-order chi connectivity index (χ0) is 12.6. The summed E-state index contributed by atoms with van der Waals surface area (Å²) in [6.45, 7) is 2.17. The van der Waals surface area contributed by atoms with Gasteiger partial charge in [0.05, 0.1) is 0 Å². The molecule has 6 nitrogen and oxygen atoms in total. The van der Waals surface area contributed by atoms with Crippen LogP contribution < -0.4 is 0 Å². The molecule has 0 aromatic heterocycles. The Morgan fingerprint density at radius 3 is 0.929 bits per heavy atom. The van der Waals surface area contributed by atoms with Crippen molar-refractivity contribution in [2.75, 3.05) is 14.2 Å². The molecule has 0 rings (SSSR count). The highest BCUT2D eigenvalue weighted by Crippen LogP contribution is 1.70. The van der Waals surface area contributed by atoms with E-state index in [9.17, 15) is 0 Å². The van der Waals surface area contributed by atoms with Crippen LogP contribution in [0.5, 0.6) is 0 Å². The van der Waals surface area contributed by atoms with Gasteiger partial charge in [-0.15, -0.1) is 0 Å². The fourth-order valence-electron chi connectivity index (χ4n) is 0. The Morgan fingerprint density at radius 2 is 0.929 bits per heavy atom. The third-order valence-corrected chi connectivity index (χ3v) is 0. The second-order valence-corrected chi connectivity index (χ2v) is 3.11. The first kappa shape index (κ1) is 23.9. The molecule has 8 heteroatoms. The van der Waals surface area contributed by atoms with Crippen LogP contribution in [0.1, 0.15) is 13.8 Å². The Bertz CT molecular complexity index is 96.9. The zero-order valence-electron chi connectivity index (χ0n) is 8.28. The summed E-state index contributed by atoms with van der Waals surface area (Å²) in [4.78, 5) is 18.0. The number of halogens is 2. The average Bonchev–Trinajstić information content (AvgIpc) is 1.85. The van der Waals surface area contributed by atoms with Crippen LogP contribution in [0.3, 0.4) is 0 Å². The topological polar surface area (TPSA) is 93.1 Å². The molecule has 0 saturated carbocycles. The molecular formula is C6H14I2O6. The number of carbonyl (C=O) groups is 2. The number of hydrogen-bond acceptors (Lipinski definition) is 4. The number of carboxylic acids is 2. The molecule has 0 spiro atoms. The molecule has 14 heavy (non-hydrogen) atoms. The highest BCUT2D eigenvalue weighted by molar-refractivity contribution is 14.1. The molecule has 0 aromatic carbocycles. The maximum absolute atomic E-state index is 9.00. The zero-order valence-corrected chi connectivity index (χ0v) is 12.6. The number of hydrogen-bond donors (Lipinski definition) is 2. The lowest BCUT2D eigenvalue weighted by atomic mass is 10.9. The number of rotatable bonds is 0. The molecule has 88 valence electrons. The average molecular weight is 436 g/mol. The van der Waals surface area contributed by atoms with Crippen LogP contribution in [0.25, 0.3) is 0 Å². The minimum Gasteiger partial charge on any atom is -0.481 e. The maximum atomic E-state index is 9.00. The molecule has 0 atom stereocenters. The second-order valence-electron chi connectivity index (χ2n) is 1.35. The quantitative estimate of drug-likeness (QED) is 0.566. The number of aliphatic carboxylic acids is 2. The van der Waals surface area contributed by atoms with Gasteiger partial charge >= 0.3 is 0 Å². The molecule has 0 saturated heterocycles. The highest BCUT2D eigenvalue weighted by Gasteiger charge is 1.65. The summed E-state index contributed by atoms with van der Waals surface area (Å²) in [5.74, 6) is -1.67. The van der Waals surface area contributed by atoms with Crippen molar-refractivity contribution in [3.63, 3.8) is 0 Å². The summed E-state index contributed by atoms with van der Waals surface area (Å²) >= 11 is 3.58. The van der Waals surface area contributed by atoms with Crippen molar-refractivity contribution in [3.8, 4) is 0 Å². The highest BCUT2D eigenvalue weighted by atomic mass is 127. The molecule has 0 unspecified atom stereocenters. The van der Waals surface area contributed by atoms with Gasteiger partial charge in [0.25, 0.3) is 11.9 Å². The molecular weight excluding hydrogens is 422 g/mol. The fraction of sp³-hybridized carbons (Fsp3) is 0.667. The van der Waals surface area contributed by atoms with E-state index in [1.165, 1.54) is 0 Å². The lowest BCUT2D eigenvalue weighted by Gasteiger charge is -1.59. The van der Waals surface area contributed by atoms with Crippen molar-refractivity contribution in [2.45, 2.75) is 13.8 Å². The van der Waals surface area contributed by atoms with Gasteiger partial charge in [-0.25, -0.2) is 0 Å². The van der Waals surface area contributed by atoms with Crippen LogP contribution in [-0.4, -0.2) is 36.4 Å². The predicted octanol–water partition coefficient (Wildman–Crippen LogP) is 2.15. The second kappa shape index (κ2) is 29.2. The Kier molecular flexibility index (Phi) is 49.8. The van der Waals surface area contributed by atoms with E-state index in [0.29, 0.717) is 0 Å². The Labute approximate surface area is 111 Å². The van der Waals surface area contributed by atoms with Gasteiger partial charge in [0.15, 0.2) is 0 Å². The van der Waals surface area contributed by atoms with E-state index in [1.807, 2.05) is 0 Å². The molecule has 0 bridgehead atoms. The molecule has 0 radical (unpaired) electrons. The van der Waals surface area contributed by atoms with E-state index in [2.05, 4.69) is 6.13 Å². The van der Waals surface area contributed by atoms with E-state index in [-0.39, 0.29) is 0 Å². The monoisotopic (exact) mass is 436 g/mol. The molecule has 0 aliphatic carbocycles. The van der Waals surface area contributed by atoms with Crippen molar-refractivity contribution in [1.29, 1.82) is 0 Å². The fourth-order valence-corrected chi connectivity index (χ4v) is 0. The Balaban J connectivity index is -0.0000000482. The smallest absolute Gasteiger partial charge is 0.300 e. The van der Waals surface area contributed by atoms with Gasteiger partial charge in [0.1, 0.15) is 46.0 Å². The molecule has 2 N–H and O–H groups in total. The van der Waals surface area contributed by atoms with E-state index in [0.717, 1.165) is 13.8 Å². The standard InChI is InChI=1S/2C2H4O2.2CH3IO/c2*1-2(3)4;2*1-3-2/h2*1H3,(H,3,4);2*1H3. The molecule has 0 aromatic rings. The molecule has 0 aliphatic heterocycles. The van der Waals surface area contributed by atoms with Gasteiger partial charge in [-0.1, -0.05) is 0 Å². The van der Waals surface area contributed by atoms with Crippen molar-refractivity contribution in [3.05, 3.63) is 0 Å². The molecule has 0 aliphatic rings. The third-order valence-electron chi connectivity index (χ3n) is 0. The van der Waals surface area contributed by atoms with Gasteiger partial charge < -0.3 is 16.3 Å². The maximum Gasteiger partial charge on any atom is 0.300 e. The minimum absolute atomic E-state index is 0.833. The third kappa shape index (κ3) is 15400. The van der Waals surface area contributed by atoms with Gasteiger partial charge in [-0.2, -0.15) is 0 Å². The first-order valence-corrected chi connectivity index (χ1v) is 4.74. The van der Waals surface area contributed by atoms with E-state index in [4.69, 9.17) is 19.8 Å². The normalized spacial score (nSPS) is 6.14. The summed E-state index contributed by atoms with van der Waals surface area (Å²) in [5.41, 5.74) is 0. The van der Waals surface area contributed by atoms with Crippen molar-refractivity contribution in [1.82, 2.24) is 0 Å². The summed E-state index contributed by atoms with van der Waals surface area (Å²) in [6.07, 6.45) is 0. The summed E-state index contributed by atoms with van der Waals surface area (Å²) in [7, 11) is 3.22. The Hall–Kier alpha value is 0.320. The van der Waals surface area contributed by atoms with Gasteiger partial charge in [-0.05, 0) is 0 Å². The Morgan fingerprint density at radius 1 is 0.929 bits per heavy atom. The largest absolute Gasteiger partial charge is 0.481 e. The first-order chi connectivity index (χ1) is 6.29. The molecule has 0 fully saturated rings. The van der Waals surface area contributed by atoms with Gasteiger partial charge in [0, 0.05) is 28.1 Å². The number of carboxylic acid groups (broad SMARTS) is 2. The van der Waals surface area contributed by atoms with Crippen molar-refractivity contribution < 1.29 is 25.9 Å². The summed E-state index contributed by atoms with van der Waals surface area (Å²) in [5, 5.41) is 14.8. The van der Waals surface area contributed by atoms with Gasteiger partial charge in [0.2, 0.25) is 0 Å². The van der Waals surface area contributed by atoms with Gasteiger partial charge in [-0.3, -0.25) is 9.59 Å². The lowest BCUT2D eigenvalue weighted by Crippen LogP contribution is -1.78. The van der Waals surface area contributed by atoms with Crippen LogP contribution >= 0.6 is 46.0 Å². The van der Waals surface area contributed by atoms with Crippen LogP contribution in [0.4, 0.5) is 0 Å². The van der Waals surface area contributed by atoms with Crippen LogP contribution in [0.2, 0.25) is 0 Å². The minimum atomic E-state index is -0.833. The lowest BCUT2D eigenvalue weighted by molar-refractivity contribution is -0.135. The summed E-state index contributed by atoms with van der Waals surface area (Å²) < 4.78 is 8.44. The molecule has 0 heterocycles. The van der Waals surface area contributed by atoms with Crippen LogP contribution in [0, 0.1) is 0 Å². The summed E-state index contributed by atoms with van der Waals surface area (Å²) in [6, 6.07) is 0. The van der Waals surface area contributed by atoms with Crippen LogP contribution in [0.15, 0.2) is 0 Å². The predicted molar refractivity (Wildman–Crippen MR) is 68.7 cm³/mol. The van der Waals surface area contributed by atoms with E-state index >= 15 is 0 Å². The van der Waals surface area contributed by atoms with Crippen molar-refractivity contribution in [2.24, 2.45) is 0 Å². The van der Waals surface area contributed by atoms with E-state index in [1.54, 1.807) is 60.2 Å². The van der Waals surface area contributed by atoms with Crippen molar-refractivity contribution >= 4 is 58.0 Å². The first-order valence-electron chi connectivity index (χ1n) is 2.98. The van der Waals surface area contributed by atoms with E-state index < -0.39 is 11.9 Å². The van der Waals surface area contributed by atoms with Crippen LogP contribution in [-0.2, 0) is 15.7 Å². The molecule has 0 amide bonds. The SMILES string of the molecule is CC(=O)O.CC(=O)O.COI.COI.